The van der Waals surface area contributed by atoms with Gasteiger partial charge >= 0.3 is 5.97 Å². The van der Waals surface area contributed by atoms with Crippen molar-refractivity contribution in [3.05, 3.63) is 0 Å². The van der Waals surface area contributed by atoms with Crippen molar-refractivity contribution in [2.45, 2.75) is 76.7 Å². The summed E-state index contributed by atoms with van der Waals surface area (Å²) in [6.07, 6.45) is 3.61. The van der Waals surface area contributed by atoms with Gasteiger partial charge in [0.15, 0.2) is 0 Å². The molecule has 18 heavy (non-hydrogen) atoms. The molecule has 1 aliphatic heterocycles. The highest BCUT2D eigenvalue weighted by molar-refractivity contribution is 5.66. The number of nitrogens with zero attached hydrogens (tertiary/aromatic N) is 1. The summed E-state index contributed by atoms with van der Waals surface area (Å²) in [4.78, 5) is 13.2. The third kappa shape index (κ3) is 3.04. The normalized spacial score (nSPS) is 29.7. The first-order chi connectivity index (χ1) is 8.21. The third-order valence-corrected chi connectivity index (χ3v) is 4.03. The molecule has 0 spiro atoms. The molecule has 0 bridgehead atoms. The van der Waals surface area contributed by atoms with Crippen LogP contribution in [0.15, 0.2) is 0 Å². The standard InChI is InChI=1S/C14H25NO3/c1-13(2)9-11(14(3,4)18-13)15(10-5-6-10)8-7-12(16)17/h10-11H,5-9H2,1-4H3,(H,16,17). The van der Waals surface area contributed by atoms with Crippen molar-refractivity contribution >= 4 is 5.97 Å². The summed E-state index contributed by atoms with van der Waals surface area (Å²) in [7, 11) is 0. The van der Waals surface area contributed by atoms with Crippen LogP contribution in [0.25, 0.3) is 0 Å². The quantitative estimate of drug-likeness (QED) is 0.818. The summed E-state index contributed by atoms with van der Waals surface area (Å²) in [6, 6.07) is 0.908. The molecule has 0 aromatic carbocycles. The highest BCUT2D eigenvalue weighted by atomic mass is 16.5. The number of ether oxygens (including phenoxy) is 1. The van der Waals surface area contributed by atoms with Crippen LogP contribution < -0.4 is 0 Å². The predicted molar refractivity (Wildman–Crippen MR) is 69.6 cm³/mol. The van der Waals surface area contributed by atoms with Gasteiger partial charge in [0.1, 0.15) is 0 Å². The average molecular weight is 255 g/mol. The van der Waals surface area contributed by atoms with Crippen molar-refractivity contribution in [2.75, 3.05) is 6.54 Å². The van der Waals surface area contributed by atoms with Gasteiger partial charge in [-0.2, -0.15) is 0 Å². The van der Waals surface area contributed by atoms with Crippen LogP contribution in [0, 0.1) is 0 Å². The van der Waals surface area contributed by atoms with E-state index in [1.54, 1.807) is 0 Å². The summed E-state index contributed by atoms with van der Waals surface area (Å²) < 4.78 is 6.13. The zero-order valence-electron chi connectivity index (χ0n) is 11.9. The maximum absolute atomic E-state index is 10.8. The van der Waals surface area contributed by atoms with Crippen LogP contribution in [-0.4, -0.2) is 45.8 Å². The summed E-state index contributed by atoms with van der Waals surface area (Å²) in [5, 5.41) is 8.88. The second kappa shape index (κ2) is 4.49. The molecule has 1 aliphatic carbocycles. The van der Waals surface area contributed by atoms with Crippen LogP contribution in [0.2, 0.25) is 0 Å². The van der Waals surface area contributed by atoms with E-state index in [9.17, 15) is 4.79 Å². The average Bonchev–Trinajstić information content (AvgIpc) is 2.94. The highest BCUT2D eigenvalue weighted by Crippen LogP contribution is 2.43. The van der Waals surface area contributed by atoms with Gasteiger partial charge in [-0.3, -0.25) is 9.69 Å². The van der Waals surface area contributed by atoms with Crippen molar-refractivity contribution in [1.29, 1.82) is 0 Å². The first kappa shape index (κ1) is 13.8. The Balaban J connectivity index is 2.08. The van der Waals surface area contributed by atoms with Crippen molar-refractivity contribution in [3.8, 4) is 0 Å². The van der Waals surface area contributed by atoms with E-state index in [1.807, 2.05) is 0 Å². The number of carbonyl (C=O) groups is 1. The summed E-state index contributed by atoms with van der Waals surface area (Å²) in [6.45, 7) is 9.15. The number of hydrogen-bond donors (Lipinski definition) is 1. The number of aliphatic carboxylic acids is 1. The summed E-state index contributed by atoms with van der Waals surface area (Å²) in [5.41, 5.74) is -0.297. The lowest BCUT2D eigenvalue weighted by molar-refractivity contribution is -0.138. The van der Waals surface area contributed by atoms with Crippen molar-refractivity contribution in [1.82, 2.24) is 4.90 Å². The van der Waals surface area contributed by atoms with Gasteiger partial charge in [-0.1, -0.05) is 0 Å². The monoisotopic (exact) mass is 255 g/mol. The molecule has 0 aromatic heterocycles. The molecule has 4 nitrogen and oxygen atoms in total. The fraction of sp³-hybridized carbons (Fsp3) is 0.929. The zero-order chi connectivity index (χ0) is 13.6. The molecule has 2 rings (SSSR count). The minimum atomic E-state index is -0.711. The predicted octanol–water partition coefficient (Wildman–Crippen LogP) is 2.27. The minimum Gasteiger partial charge on any atom is -0.481 e. The highest BCUT2D eigenvalue weighted by Gasteiger charge is 2.50. The summed E-state index contributed by atoms with van der Waals surface area (Å²) in [5.74, 6) is -0.711. The largest absolute Gasteiger partial charge is 0.481 e. The number of hydrogen-bond acceptors (Lipinski definition) is 3. The molecule has 2 fully saturated rings. The summed E-state index contributed by atoms with van der Waals surface area (Å²) >= 11 is 0. The Morgan fingerprint density at radius 1 is 1.33 bits per heavy atom. The second-order valence-corrected chi connectivity index (χ2v) is 6.80. The van der Waals surface area contributed by atoms with E-state index in [2.05, 4.69) is 32.6 Å². The lowest BCUT2D eigenvalue weighted by atomic mass is 9.92. The molecule has 1 unspecified atom stereocenters. The molecule has 1 atom stereocenters. The smallest absolute Gasteiger partial charge is 0.304 e. The van der Waals surface area contributed by atoms with Crippen molar-refractivity contribution in [2.24, 2.45) is 0 Å². The molecule has 1 N–H and O–H groups in total. The Morgan fingerprint density at radius 3 is 2.33 bits per heavy atom. The van der Waals surface area contributed by atoms with Crippen molar-refractivity contribution in [3.63, 3.8) is 0 Å². The Labute approximate surface area is 109 Å². The molecule has 104 valence electrons. The number of carboxylic acid groups (broad SMARTS) is 1. The first-order valence-corrected chi connectivity index (χ1v) is 6.89. The third-order valence-electron chi connectivity index (χ3n) is 4.03. The Hall–Kier alpha value is -0.610. The van der Waals surface area contributed by atoms with E-state index in [0.717, 1.165) is 6.42 Å². The second-order valence-electron chi connectivity index (χ2n) is 6.80. The fourth-order valence-electron chi connectivity index (χ4n) is 3.27. The van der Waals surface area contributed by atoms with Crippen molar-refractivity contribution < 1.29 is 14.6 Å². The topological polar surface area (TPSA) is 49.8 Å². The Morgan fingerprint density at radius 2 is 1.94 bits per heavy atom. The molecule has 0 amide bonds. The van der Waals surface area contributed by atoms with Crippen LogP contribution in [0.4, 0.5) is 0 Å². The number of rotatable bonds is 5. The Kier molecular flexibility index (Phi) is 3.45. The molecular formula is C14H25NO3. The van der Waals surface area contributed by atoms with E-state index in [0.29, 0.717) is 18.6 Å². The van der Waals surface area contributed by atoms with E-state index in [1.165, 1.54) is 12.8 Å². The van der Waals surface area contributed by atoms with Crippen LogP contribution in [0.3, 0.4) is 0 Å². The molecule has 1 saturated heterocycles. The van der Waals surface area contributed by atoms with E-state index in [-0.39, 0.29) is 17.6 Å². The molecular weight excluding hydrogens is 230 g/mol. The number of carboxylic acids is 1. The minimum absolute atomic E-state index is 0.107. The van der Waals surface area contributed by atoms with Gasteiger partial charge in [0.2, 0.25) is 0 Å². The van der Waals surface area contributed by atoms with Crippen LogP contribution >= 0.6 is 0 Å². The van der Waals surface area contributed by atoms with Crippen LogP contribution in [0.1, 0.15) is 53.4 Å². The van der Waals surface area contributed by atoms with Crippen LogP contribution in [0.5, 0.6) is 0 Å². The lowest BCUT2D eigenvalue weighted by Crippen LogP contribution is -2.48. The van der Waals surface area contributed by atoms with E-state index < -0.39 is 5.97 Å². The molecule has 1 heterocycles. The lowest BCUT2D eigenvalue weighted by Gasteiger charge is -2.36. The fourth-order valence-corrected chi connectivity index (χ4v) is 3.27. The maximum atomic E-state index is 10.8. The maximum Gasteiger partial charge on any atom is 0.304 e. The Bertz CT molecular complexity index is 334. The van der Waals surface area contributed by atoms with Crippen LogP contribution in [-0.2, 0) is 9.53 Å². The molecule has 0 radical (unpaired) electrons. The van der Waals surface area contributed by atoms with Gasteiger partial charge < -0.3 is 9.84 Å². The van der Waals surface area contributed by atoms with E-state index >= 15 is 0 Å². The molecule has 2 aliphatic rings. The van der Waals surface area contributed by atoms with E-state index in [4.69, 9.17) is 9.84 Å². The van der Waals surface area contributed by atoms with Gasteiger partial charge in [0.05, 0.1) is 17.6 Å². The molecule has 1 saturated carbocycles. The first-order valence-electron chi connectivity index (χ1n) is 6.89. The van der Waals surface area contributed by atoms with Gasteiger partial charge in [0.25, 0.3) is 0 Å². The van der Waals surface area contributed by atoms with Gasteiger partial charge in [-0.25, -0.2) is 0 Å². The molecule has 0 aromatic rings. The zero-order valence-corrected chi connectivity index (χ0v) is 11.9. The van der Waals surface area contributed by atoms with Gasteiger partial charge in [-0.05, 0) is 47.0 Å². The van der Waals surface area contributed by atoms with Gasteiger partial charge in [0, 0.05) is 18.6 Å². The SMILES string of the molecule is CC1(C)CC(N(CCC(=O)O)C2CC2)C(C)(C)O1. The molecule has 4 heteroatoms. The van der Waals surface area contributed by atoms with Gasteiger partial charge in [-0.15, -0.1) is 0 Å².